The van der Waals surface area contributed by atoms with Crippen molar-refractivity contribution in [2.45, 2.75) is 12.8 Å². The van der Waals surface area contributed by atoms with E-state index in [1.807, 2.05) is 12.1 Å². The summed E-state index contributed by atoms with van der Waals surface area (Å²) in [5.41, 5.74) is 1.64. The Bertz CT molecular complexity index is 292. The summed E-state index contributed by atoms with van der Waals surface area (Å²) >= 11 is 0. The number of carbonyl (C=O) groups excluding carboxylic acids is 1. The molecule has 0 aromatic heterocycles. The van der Waals surface area contributed by atoms with Crippen LogP contribution in [0.4, 0.5) is 0 Å². The zero-order chi connectivity index (χ0) is 9.68. The van der Waals surface area contributed by atoms with Crippen molar-refractivity contribution in [1.29, 1.82) is 0 Å². The van der Waals surface area contributed by atoms with E-state index < -0.39 is 0 Å². The zero-order valence-corrected chi connectivity index (χ0v) is 7.62. The molecule has 68 valence electrons. The van der Waals surface area contributed by atoms with Gasteiger partial charge in [0.05, 0.1) is 12.7 Å². The van der Waals surface area contributed by atoms with E-state index in [0.717, 1.165) is 12.0 Å². The summed E-state index contributed by atoms with van der Waals surface area (Å²) < 4.78 is 4.60. The predicted octanol–water partition coefficient (Wildman–Crippen LogP) is 2.12. The normalized spacial score (nSPS) is 9.69. The van der Waals surface area contributed by atoms with Crippen LogP contribution in [0.15, 0.2) is 24.3 Å². The fraction of sp³-hybridized carbons (Fsp3) is 0.273. The first-order valence-corrected chi connectivity index (χ1v) is 4.15. The van der Waals surface area contributed by atoms with Gasteiger partial charge >= 0.3 is 5.97 Å². The first-order valence-electron chi connectivity index (χ1n) is 4.15. The van der Waals surface area contributed by atoms with Crippen molar-refractivity contribution in [3.63, 3.8) is 0 Å². The Balaban J connectivity index is 2.85. The lowest BCUT2D eigenvalue weighted by Gasteiger charge is -2.01. The Morgan fingerprint density at radius 1 is 1.54 bits per heavy atom. The molecule has 1 rings (SSSR count). The molecule has 1 aromatic carbocycles. The molecule has 0 fully saturated rings. The molecule has 0 bridgehead atoms. The van der Waals surface area contributed by atoms with Crippen LogP contribution >= 0.6 is 0 Å². The fourth-order valence-corrected chi connectivity index (χ4v) is 1.14. The summed E-state index contributed by atoms with van der Waals surface area (Å²) in [7, 11) is 1.37. The van der Waals surface area contributed by atoms with E-state index in [1.54, 1.807) is 12.1 Å². The van der Waals surface area contributed by atoms with Crippen molar-refractivity contribution in [3.8, 4) is 0 Å². The van der Waals surface area contributed by atoms with Gasteiger partial charge < -0.3 is 4.74 Å². The number of benzene rings is 1. The summed E-state index contributed by atoms with van der Waals surface area (Å²) in [6.07, 6.45) is 1.37. The molecule has 13 heavy (non-hydrogen) atoms. The lowest BCUT2D eigenvalue weighted by molar-refractivity contribution is 0.0600. The number of hydrogen-bond donors (Lipinski definition) is 0. The van der Waals surface area contributed by atoms with Crippen molar-refractivity contribution >= 4 is 5.97 Å². The number of methoxy groups -OCH3 is 1. The van der Waals surface area contributed by atoms with E-state index in [-0.39, 0.29) is 5.97 Å². The SMILES string of the molecule is [CH]CCc1cccc(C(=O)OC)c1. The number of aryl methyl sites for hydroxylation is 1. The van der Waals surface area contributed by atoms with Gasteiger partial charge in [-0.05, 0) is 37.5 Å². The lowest BCUT2D eigenvalue weighted by atomic mass is 10.1. The first kappa shape index (κ1) is 9.78. The van der Waals surface area contributed by atoms with E-state index in [4.69, 9.17) is 6.92 Å². The van der Waals surface area contributed by atoms with Gasteiger partial charge in [0, 0.05) is 0 Å². The van der Waals surface area contributed by atoms with Crippen LogP contribution in [-0.2, 0) is 11.2 Å². The van der Waals surface area contributed by atoms with E-state index in [0.29, 0.717) is 12.0 Å². The highest BCUT2D eigenvalue weighted by Gasteiger charge is 2.04. The molecule has 0 aliphatic carbocycles. The van der Waals surface area contributed by atoms with E-state index >= 15 is 0 Å². The molecule has 0 aliphatic rings. The van der Waals surface area contributed by atoms with Gasteiger partial charge in [0.2, 0.25) is 0 Å². The van der Waals surface area contributed by atoms with E-state index in [2.05, 4.69) is 4.74 Å². The van der Waals surface area contributed by atoms with Gasteiger partial charge in [-0.1, -0.05) is 12.1 Å². The monoisotopic (exact) mass is 176 g/mol. The standard InChI is InChI=1S/C11H12O2/c1-3-5-9-6-4-7-10(8-9)11(12)13-2/h1,4,6-8H,3,5H2,2H3. The van der Waals surface area contributed by atoms with Crippen LogP contribution in [0.3, 0.4) is 0 Å². The van der Waals surface area contributed by atoms with Crippen LogP contribution in [0, 0.1) is 6.92 Å². The molecule has 0 unspecified atom stereocenters. The Hall–Kier alpha value is -1.31. The zero-order valence-electron chi connectivity index (χ0n) is 7.62. The maximum atomic E-state index is 11.1. The van der Waals surface area contributed by atoms with Crippen LogP contribution in [0.5, 0.6) is 0 Å². The highest BCUT2D eigenvalue weighted by Crippen LogP contribution is 2.08. The molecule has 2 radical (unpaired) electrons. The van der Waals surface area contributed by atoms with Gasteiger partial charge in [-0.25, -0.2) is 4.79 Å². The van der Waals surface area contributed by atoms with Crippen molar-refractivity contribution in [2.75, 3.05) is 7.11 Å². The summed E-state index contributed by atoms with van der Waals surface area (Å²) in [5.74, 6) is -0.307. The van der Waals surface area contributed by atoms with Gasteiger partial charge in [0.15, 0.2) is 0 Å². The molecular formula is C11H12O2. The minimum absolute atomic E-state index is 0.307. The number of esters is 1. The van der Waals surface area contributed by atoms with Gasteiger partial charge in [-0.3, -0.25) is 0 Å². The van der Waals surface area contributed by atoms with Gasteiger partial charge in [0.1, 0.15) is 0 Å². The molecule has 0 saturated carbocycles. The molecule has 1 aromatic rings. The molecular weight excluding hydrogens is 164 g/mol. The molecule has 0 saturated heterocycles. The molecule has 2 heteroatoms. The molecule has 0 aliphatic heterocycles. The largest absolute Gasteiger partial charge is 0.465 e. The number of carbonyl (C=O) groups is 1. The lowest BCUT2D eigenvalue weighted by Crippen LogP contribution is -2.01. The second-order valence-corrected chi connectivity index (χ2v) is 2.73. The highest BCUT2D eigenvalue weighted by molar-refractivity contribution is 5.89. The van der Waals surface area contributed by atoms with Crippen molar-refractivity contribution < 1.29 is 9.53 Å². The second-order valence-electron chi connectivity index (χ2n) is 2.73. The number of rotatable bonds is 3. The average molecular weight is 176 g/mol. The van der Waals surface area contributed by atoms with Crippen LogP contribution < -0.4 is 0 Å². The fourth-order valence-electron chi connectivity index (χ4n) is 1.14. The van der Waals surface area contributed by atoms with Gasteiger partial charge in [-0.15, -0.1) is 0 Å². The van der Waals surface area contributed by atoms with Crippen LogP contribution in [0.25, 0.3) is 0 Å². The topological polar surface area (TPSA) is 26.3 Å². The van der Waals surface area contributed by atoms with Crippen molar-refractivity contribution in [1.82, 2.24) is 0 Å². The number of hydrogen-bond acceptors (Lipinski definition) is 2. The maximum absolute atomic E-state index is 11.1. The van der Waals surface area contributed by atoms with E-state index in [1.165, 1.54) is 7.11 Å². The molecule has 0 spiro atoms. The minimum atomic E-state index is -0.307. The molecule has 0 amide bonds. The average Bonchev–Trinajstić information content (AvgIpc) is 2.18. The summed E-state index contributed by atoms with van der Waals surface area (Å²) in [5, 5.41) is 0. The minimum Gasteiger partial charge on any atom is -0.465 e. The Kier molecular flexibility index (Phi) is 3.50. The highest BCUT2D eigenvalue weighted by atomic mass is 16.5. The third-order valence-corrected chi connectivity index (χ3v) is 1.78. The first-order chi connectivity index (χ1) is 6.27. The Morgan fingerprint density at radius 2 is 2.31 bits per heavy atom. The van der Waals surface area contributed by atoms with Crippen LogP contribution in [0.2, 0.25) is 0 Å². The molecule has 0 atom stereocenters. The third kappa shape index (κ3) is 2.58. The molecule has 2 nitrogen and oxygen atoms in total. The maximum Gasteiger partial charge on any atom is 0.337 e. The van der Waals surface area contributed by atoms with Crippen molar-refractivity contribution in [2.24, 2.45) is 0 Å². The summed E-state index contributed by atoms with van der Waals surface area (Å²) in [4.78, 5) is 11.1. The quantitative estimate of drug-likeness (QED) is 0.659. The number of ether oxygens (including phenoxy) is 1. The third-order valence-electron chi connectivity index (χ3n) is 1.78. The Labute approximate surface area is 78.5 Å². The van der Waals surface area contributed by atoms with Crippen LogP contribution in [0.1, 0.15) is 22.3 Å². The predicted molar refractivity (Wildman–Crippen MR) is 50.4 cm³/mol. The summed E-state index contributed by atoms with van der Waals surface area (Å²) in [6.45, 7) is 5.40. The van der Waals surface area contributed by atoms with Gasteiger partial charge in [-0.2, -0.15) is 0 Å². The summed E-state index contributed by atoms with van der Waals surface area (Å²) in [6, 6.07) is 7.31. The Morgan fingerprint density at radius 3 is 2.92 bits per heavy atom. The van der Waals surface area contributed by atoms with E-state index in [9.17, 15) is 4.79 Å². The smallest absolute Gasteiger partial charge is 0.337 e. The molecule has 0 heterocycles. The van der Waals surface area contributed by atoms with Crippen LogP contribution in [-0.4, -0.2) is 13.1 Å². The molecule has 0 N–H and O–H groups in total. The second kappa shape index (κ2) is 4.65. The van der Waals surface area contributed by atoms with Gasteiger partial charge in [0.25, 0.3) is 0 Å². The van der Waals surface area contributed by atoms with Crippen molar-refractivity contribution in [3.05, 3.63) is 42.3 Å².